The third kappa shape index (κ3) is 3.07. The van der Waals surface area contributed by atoms with Crippen molar-refractivity contribution < 1.29 is 9.32 Å². The van der Waals surface area contributed by atoms with E-state index in [1.54, 1.807) is 11.3 Å². The average molecular weight is 344 g/mol. The normalized spacial score (nSPS) is 13.2. The summed E-state index contributed by atoms with van der Waals surface area (Å²) < 4.78 is 7.26. The van der Waals surface area contributed by atoms with Gasteiger partial charge < -0.3 is 14.4 Å². The quantitative estimate of drug-likeness (QED) is 0.729. The lowest BCUT2D eigenvalue weighted by Gasteiger charge is -2.04. The van der Waals surface area contributed by atoms with Crippen LogP contribution < -0.4 is 5.32 Å². The SMILES string of the molecule is O=C(CCc1nc(-c2ccsc2)no1)NCc1nnc2n1CCC2. The first kappa shape index (κ1) is 15.0. The van der Waals surface area contributed by atoms with Gasteiger partial charge in [0.1, 0.15) is 5.82 Å². The predicted molar refractivity (Wildman–Crippen MR) is 86.1 cm³/mol. The number of nitrogens with zero attached hydrogens (tertiary/aromatic N) is 5. The second-order valence-corrected chi connectivity index (χ2v) is 6.37. The molecule has 1 aliphatic heterocycles. The highest BCUT2D eigenvalue weighted by atomic mass is 32.1. The standard InChI is InChI=1S/C15H16N6O2S/c22-13(16-8-12-19-18-11-2-1-6-21(11)12)3-4-14-17-15(20-23-14)10-5-7-24-9-10/h5,7,9H,1-4,6,8H2,(H,16,22). The highest BCUT2D eigenvalue weighted by molar-refractivity contribution is 7.08. The lowest BCUT2D eigenvalue weighted by atomic mass is 10.3. The molecule has 0 saturated carbocycles. The summed E-state index contributed by atoms with van der Waals surface area (Å²) in [7, 11) is 0. The van der Waals surface area contributed by atoms with E-state index >= 15 is 0 Å². The maximum absolute atomic E-state index is 12.0. The number of rotatable bonds is 6. The summed E-state index contributed by atoms with van der Waals surface area (Å²) in [6.45, 7) is 1.33. The summed E-state index contributed by atoms with van der Waals surface area (Å²) in [5.74, 6) is 2.78. The summed E-state index contributed by atoms with van der Waals surface area (Å²) in [5.41, 5.74) is 0.931. The van der Waals surface area contributed by atoms with Crippen LogP contribution in [-0.2, 0) is 30.7 Å². The Balaban J connectivity index is 1.27. The molecule has 124 valence electrons. The molecule has 3 aromatic rings. The molecule has 0 unspecified atom stereocenters. The Hall–Kier alpha value is -2.55. The van der Waals surface area contributed by atoms with Crippen molar-refractivity contribution in [1.29, 1.82) is 0 Å². The molecule has 0 aromatic carbocycles. The van der Waals surface area contributed by atoms with Gasteiger partial charge in [0.15, 0.2) is 5.82 Å². The molecule has 3 aromatic heterocycles. The van der Waals surface area contributed by atoms with Crippen LogP contribution in [0.3, 0.4) is 0 Å². The summed E-state index contributed by atoms with van der Waals surface area (Å²) >= 11 is 1.58. The summed E-state index contributed by atoms with van der Waals surface area (Å²) in [4.78, 5) is 16.3. The maximum atomic E-state index is 12.0. The van der Waals surface area contributed by atoms with Gasteiger partial charge in [-0.05, 0) is 17.9 Å². The van der Waals surface area contributed by atoms with E-state index in [-0.39, 0.29) is 5.91 Å². The van der Waals surface area contributed by atoms with E-state index < -0.39 is 0 Å². The average Bonchev–Trinajstić information content (AvgIpc) is 3.36. The van der Waals surface area contributed by atoms with Gasteiger partial charge in [-0.2, -0.15) is 16.3 Å². The Kier molecular flexibility index (Phi) is 4.08. The number of carbonyl (C=O) groups excluding carboxylic acids is 1. The molecule has 4 heterocycles. The minimum absolute atomic E-state index is 0.0689. The molecule has 1 aliphatic rings. The Morgan fingerprint density at radius 3 is 3.25 bits per heavy atom. The van der Waals surface area contributed by atoms with Gasteiger partial charge in [0.2, 0.25) is 17.6 Å². The Morgan fingerprint density at radius 1 is 1.42 bits per heavy atom. The fourth-order valence-corrected chi connectivity index (χ4v) is 3.33. The molecule has 1 N–H and O–H groups in total. The molecule has 24 heavy (non-hydrogen) atoms. The van der Waals surface area contributed by atoms with E-state index in [1.165, 1.54) is 0 Å². The minimum Gasteiger partial charge on any atom is -0.349 e. The van der Waals surface area contributed by atoms with Gasteiger partial charge >= 0.3 is 0 Å². The number of amides is 1. The number of aryl methyl sites for hydroxylation is 2. The van der Waals surface area contributed by atoms with Crippen LogP contribution in [0.5, 0.6) is 0 Å². The van der Waals surface area contributed by atoms with Gasteiger partial charge in [-0.3, -0.25) is 4.79 Å². The second kappa shape index (κ2) is 6.52. The molecule has 0 bridgehead atoms. The third-order valence-electron chi connectivity index (χ3n) is 3.94. The lowest BCUT2D eigenvalue weighted by molar-refractivity contribution is -0.121. The van der Waals surface area contributed by atoms with Crippen molar-refractivity contribution in [1.82, 2.24) is 30.2 Å². The van der Waals surface area contributed by atoms with Crippen molar-refractivity contribution in [3.05, 3.63) is 34.4 Å². The van der Waals surface area contributed by atoms with E-state index in [4.69, 9.17) is 4.52 Å². The van der Waals surface area contributed by atoms with E-state index in [2.05, 4.69) is 30.2 Å². The molecule has 9 heteroatoms. The fraction of sp³-hybridized carbons (Fsp3) is 0.400. The molecule has 0 radical (unpaired) electrons. The smallest absolute Gasteiger partial charge is 0.227 e. The molecular formula is C15H16N6O2S. The first-order chi connectivity index (χ1) is 11.8. The largest absolute Gasteiger partial charge is 0.349 e. The number of aromatic nitrogens is 5. The van der Waals surface area contributed by atoms with Gasteiger partial charge in [0.25, 0.3) is 0 Å². The van der Waals surface area contributed by atoms with E-state index in [9.17, 15) is 4.79 Å². The molecule has 4 rings (SSSR count). The number of hydrogen-bond acceptors (Lipinski definition) is 7. The van der Waals surface area contributed by atoms with Gasteiger partial charge in [0.05, 0.1) is 6.54 Å². The molecule has 0 atom stereocenters. The van der Waals surface area contributed by atoms with Gasteiger partial charge in [-0.25, -0.2) is 0 Å². The zero-order valence-corrected chi connectivity index (χ0v) is 13.8. The highest BCUT2D eigenvalue weighted by Crippen LogP contribution is 2.19. The third-order valence-corrected chi connectivity index (χ3v) is 4.63. The molecule has 0 fully saturated rings. The Labute approximate surface area is 141 Å². The van der Waals surface area contributed by atoms with Crippen LogP contribution in [0.15, 0.2) is 21.3 Å². The number of thiophene rings is 1. The molecular weight excluding hydrogens is 328 g/mol. The second-order valence-electron chi connectivity index (χ2n) is 5.59. The van der Waals surface area contributed by atoms with Crippen molar-refractivity contribution in [2.24, 2.45) is 0 Å². The first-order valence-corrected chi connectivity index (χ1v) is 8.76. The van der Waals surface area contributed by atoms with Crippen LogP contribution in [0.25, 0.3) is 11.4 Å². The van der Waals surface area contributed by atoms with Crippen LogP contribution in [-0.4, -0.2) is 30.8 Å². The Morgan fingerprint density at radius 2 is 2.38 bits per heavy atom. The maximum Gasteiger partial charge on any atom is 0.227 e. The van der Waals surface area contributed by atoms with Gasteiger partial charge in [-0.15, -0.1) is 10.2 Å². The van der Waals surface area contributed by atoms with E-state index in [1.807, 2.05) is 16.8 Å². The van der Waals surface area contributed by atoms with Gasteiger partial charge in [0, 0.05) is 36.8 Å². The predicted octanol–water partition coefficient (Wildman–Crippen LogP) is 1.58. The summed E-state index contributed by atoms with van der Waals surface area (Å²) in [5, 5.41) is 19.0. The number of carbonyl (C=O) groups is 1. The van der Waals surface area contributed by atoms with Crippen LogP contribution in [0.1, 0.15) is 30.4 Å². The summed E-state index contributed by atoms with van der Waals surface area (Å²) in [6.07, 6.45) is 2.77. The van der Waals surface area contributed by atoms with Crippen molar-refractivity contribution in [2.75, 3.05) is 0 Å². The molecule has 8 nitrogen and oxygen atoms in total. The number of fused-ring (bicyclic) bond motifs is 1. The zero-order chi connectivity index (χ0) is 16.4. The zero-order valence-electron chi connectivity index (χ0n) is 12.9. The topological polar surface area (TPSA) is 98.7 Å². The van der Waals surface area contributed by atoms with Crippen molar-refractivity contribution in [3.8, 4) is 11.4 Å². The lowest BCUT2D eigenvalue weighted by Crippen LogP contribution is -2.24. The van der Waals surface area contributed by atoms with Crippen molar-refractivity contribution >= 4 is 17.2 Å². The molecule has 0 spiro atoms. The van der Waals surface area contributed by atoms with Crippen molar-refractivity contribution in [2.45, 2.75) is 38.8 Å². The fourth-order valence-electron chi connectivity index (χ4n) is 2.69. The highest BCUT2D eigenvalue weighted by Gasteiger charge is 2.17. The van der Waals surface area contributed by atoms with E-state index in [0.29, 0.717) is 31.1 Å². The molecule has 0 saturated heterocycles. The number of hydrogen-bond donors (Lipinski definition) is 1. The first-order valence-electron chi connectivity index (χ1n) is 7.82. The Bertz CT molecular complexity index is 838. The molecule has 0 aliphatic carbocycles. The van der Waals surface area contributed by atoms with Crippen LogP contribution in [0, 0.1) is 0 Å². The number of nitrogens with one attached hydrogen (secondary N) is 1. The van der Waals surface area contributed by atoms with Crippen molar-refractivity contribution in [3.63, 3.8) is 0 Å². The molecule has 1 amide bonds. The van der Waals surface area contributed by atoms with Crippen LogP contribution in [0.4, 0.5) is 0 Å². The van der Waals surface area contributed by atoms with Gasteiger partial charge in [-0.1, -0.05) is 5.16 Å². The summed E-state index contributed by atoms with van der Waals surface area (Å²) in [6, 6.07) is 1.93. The van der Waals surface area contributed by atoms with Crippen LogP contribution in [0.2, 0.25) is 0 Å². The van der Waals surface area contributed by atoms with Crippen LogP contribution >= 0.6 is 11.3 Å². The van der Waals surface area contributed by atoms with E-state index in [0.717, 1.165) is 36.6 Å². The monoisotopic (exact) mass is 344 g/mol. The minimum atomic E-state index is -0.0689.